The van der Waals surface area contributed by atoms with Crippen molar-refractivity contribution in [3.05, 3.63) is 18.5 Å². The standard InChI is InChI=1S/C12H18N4O3/c1-12(2,7-10(18)19)15-9(17)8-16(3)11-13-5-4-6-14-11/h4-6H,7-8H2,1-3H3,(H,15,17)(H,18,19). The summed E-state index contributed by atoms with van der Waals surface area (Å²) in [6.45, 7) is 3.39. The van der Waals surface area contributed by atoms with Gasteiger partial charge in [-0.25, -0.2) is 9.97 Å². The Morgan fingerprint density at radius 1 is 1.37 bits per heavy atom. The average molecular weight is 266 g/mol. The van der Waals surface area contributed by atoms with Crippen molar-refractivity contribution in [1.82, 2.24) is 15.3 Å². The van der Waals surface area contributed by atoms with Crippen LogP contribution in [0.2, 0.25) is 0 Å². The van der Waals surface area contributed by atoms with Crippen LogP contribution in [0.4, 0.5) is 5.95 Å². The third kappa shape index (κ3) is 5.33. The van der Waals surface area contributed by atoms with Gasteiger partial charge in [0.05, 0.1) is 13.0 Å². The van der Waals surface area contributed by atoms with Crippen LogP contribution in [0.1, 0.15) is 20.3 Å². The zero-order valence-corrected chi connectivity index (χ0v) is 11.3. The molecule has 0 atom stereocenters. The lowest BCUT2D eigenvalue weighted by molar-refractivity contribution is -0.138. The summed E-state index contributed by atoms with van der Waals surface area (Å²) < 4.78 is 0. The van der Waals surface area contributed by atoms with E-state index in [9.17, 15) is 9.59 Å². The maximum absolute atomic E-state index is 11.8. The second kappa shape index (κ2) is 6.12. The Morgan fingerprint density at radius 2 is 1.95 bits per heavy atom. The first-order valence-electron chi connectivity index (χ1n) is 5.81. The monoisotopic (exact) mass is 266 g/mol. The van der Waals surface area contributed by atoms with Gasteiger partial charge >= 0.3 is 5.97 Å². The quantitative estimate of drug-likeness (QED) is 0.768. The largest absolute Gasteiger partial charge is 0.481 e. The Labute approximate surface area is 111 Å². The SMILES string of the molecule is CN(CC(=O)NC(C)(C)CC(=O)O)c1ncccn1. The van der Waals surface area contributed by atoms with E-state index in [0.717, 1.165) is 0 Å². The number of nitrogens with zero attached hydrogens (tertiary/aromatic N) is 3. The van der Waals surface area contributed by atoms with E-state index in [2.05, 4.69) is 15.3 Å². The molecule has 1 aromatic rings. The molecule has 1 heterocycles. The number of hydrogen-bond donors (Lipinski definition) is 2. The smallest absolute Gasteiger partial charge is 0.305 e. The fourth-order valence-electron chi connectivity index (χ4n) is 1.61. The van der Waals surface area contributed by atoms with Crippen molar-refractivity contribution >= 4 is 17.8 Å². The van der Waals surface area contributed by atoms with Crippen LogP contribution in [-0.2, 0) is 9.59 Å². The number of amides is 1. The molecule has 1 aromatic heterocycles. The number of rotatable bonds is 6. The summed E-state index contributed by atoms with van der Waals surface area (Å²) in [5.41, 5.74) is -0.790. The molecule has 104 valence electrons. The number of carbonyl (C=O) groups is 2. The zero-order valence-electron chi connectivity index (χ0n) is 11.3. The van der Waals surface area contributed by atoms with Crippen LogP contribution in [0.15, 0.2) is 18.5 Å². The topological polar surface area (TPSA) is 95.4 Å². The van der Waals surface area contributed by atoms with Gasteiger partial charge in [0, 0.05) is 25.0 Å². The molecule has 0 spiro atoms. The Morgan fingerprint density at radius 3 is 2.47 bits per heavy atom. The summed E-state index contributed by atoms with van der Waals surface area (Å²) >= 11 is 0. The van der Waals surface area contributed by atoms with Crippen LogP contribution in [0.5, 0.6) is 0 Å². The molecule has 2 N–H and O–H groups in total. The van der Waals surface area contributed by atoms with Crippen LogP contribution < -0.4 is 10.2 Å². The molecule has 19 heavy (non-hydrogen) atoms. The zero-order chi connectivity index (χ0) is 14.5. The lowest BCUT2D eigenvalue weighted by Gasteiger charge is -2.26. The van der Waals surface area contributed by atoms with E-state index in [0.29, 0.717) is 5.95 Å². The molecule has 0 saturated carbocycles. The third-order valence-electron chi connectivity index (χ3n) is 2.35. The minimum atomic E-state index is -0.954. The van der Waals surface area contributed by atoms with Gasteiger partial charge in [0.15, 0.2) is 0 Å². The van der Waals surface area contributed by atoms with Gasteiger partial charge in [0.2, 0.25) is 11.9 Å². The third-order valence-corrected chi connectivity index (χ3v) is 2.35. The van der Waals surface area contributed by atoms with E-state index in [1.54, 1.807) is 44.3 Å². The van der Waals surface area contributed by atoms with Crippen LogP contribution >= 0.6 is 0 Å². The molecule has 7 heteroatoms. The summed E-state index contributed by atoms with van der Waals surface area (Å²) in [5.74, 6) is -0.792. The molecule has 0 radical (unpaired) electrons. The molecule has 7 nitrogen and oxygen atoms in total. The van der Waals surface area contributed by atoms with Crippen molar-refractivity contribution in [2.75, 3.05) is 18.5 Å². The first kappa shape index (κ1) is 14.9. The molecule has 0 fully saturated rings. The van der Waals surface area contributed by atoms with Crippen molar-refractivity contribution < 1.29 is 14.7 Å². The Bertz CT molecular complexity index is 448. The number of hydrogen-bond acceptors (Lipinski definition) is 5. The van der Waals surface area contributed by atoms with Crippen molar-refractivity contribution in [3.8, 4) is 0 Å². The summed E-state index contributed by atoms with van der Waals surface area (Å²) in [6, 6.07) is 1.69. The summed E-state index contributed by atoms with van der Waals surface area (Å²) in [7, 11) is 1.69. The van der Waals surface area contributed by atoms with Gasteiger partial charge in [0.25, 0.3) is 0 Å². The van der Waals surface area contributed by atoms with Gasteiger partial charge < -0.3 is 15.3 Å². The van der Waals surface area contributed by atoms with Crippen molar-refractivity contribution in [2.24, 2.45) is 0 Å². The fraction of sp³-hybridized carbons (Fsp3) is 0.500. The van der Waals surface area contributed by atoms with E-state index >= 15 is 0 Å². The predicted octanol–water partition coefficient (Wildman–Crippen LogP) is 0.282. The van der Waals surface area contributed by atoms with E-state index in [1.165, 1.54) is 0 Å². The normalized spacial score (nSPS) is 10.9. The Balaban J connectivity index is 2.54. The van der Waals surface area contributed by atoms with Gasteiger partial charge in [-0.15, -0.1) is 0 Å². The van der Waals surface area contributed by atoms with Crippen molar-refractivity contribution in [2.45, 2.75) is 25.8 Å². The van der Waals surface area contributed by atoms with Gasteiger partial charge in [-0.05, 0) is 19.9 Å². The molecule has 0 aromatic carbocycles. The fourth-order valence-corrected chi connectivity index (χ4v) is 1.61. The van der Waals surface area contributed by atoms with Gasteiger partial charge in [-0.2, -0.15) is 0 Å². The maximum Gasteiger partial charge on any atom is 0.305 e. The number of carboxylic acid groups (broad SMARTS) is 1. The molecule has 0 aliphatic heterocycles. The number of carboxylic acids is 1. The van der Waals surface area contributed by atoms with E-state index in [1.807, 2.05) is 0 Å². The summed E-state index contributed by atoms with van der Waals surface area (Å²) in [5, 5.41) is 11.4. The van der Waals surface area contributed by atoms with Crippen molar-refractivity contribution in [1.29, 1.82) is 0 Å². The average Bonchev–Trinajstić information content (AvgIpc) is 2.27. The molecule has 1 amide bonds. The van der Waals surface area contributed by atoms with Gasteiger partial charge in [-0.3, -0.25) is 9.59 Å². The minimum absolute atomic E-state index is 0.0626. The Hall–Kier alpha value is -2.18. The summed E-state index contributed by atoms with van der Waals surface area (Å²) in [4.78, 5) is 32.1. The van der Waals surface area contributed by atoms with Gasteiger partial charge in [-0.1, -0.05) is 0 Å². The molecule has 0 saturated heterocycles. The number of aromatic nitrogens is 2. The molecule has 0 aliphatic rings. The van der Waals surface area contributed by atoms with Crippen LogP contribution in [0.25, 0.3) is 0 Å². The lowest BCUT2D eigenvalue weighted by Crippen LogP contribution is -2.48. The van der Waals surface area contributed by atoms with E-state index < -0.39 is 11.5 Å². The first-order valence-corrected chi connectivity index (χ1v) is 5.81. The first-order chi connectivity index (χ1) is 8.80. The summed E-state index contributed by atoms with van der Waals surface area (Å²) in [6.07, 6.45) is 3.04. The van der Waals surface area contributed by atoms with Gasteiger partial charge in [0.1, 0.15) is 0 Å². The number of carbonyl (C=O) groups excluding carboxylic acids is 1. The number of nitrogens with one attached hydrogen (secondary N) is 1. The minimum Gasteiger partial charge on any atom is -0.481 e. The maximum atomic E-state index is 11.8. The molecule has 0 aliphatic carbocycles. The van der Waals surface area contributed by atoms with Crippen LogP contribution in [-0.4, -0.2) is 46.1 Å². The Kier molecular flexibility index (Phi) is 4.80. The van der Waals surface area contributed by atoms with Crippen LogP contribution in [0, 0.1) is 0 Å². The van der Waals surface area contributed by atoms with Crippen molar-refractivity contribution in [3.63, 3.8) is 0 Å². The molecule has 1 rings (SSSR count). The molecular weight excluding hydrogens is 248 g/mol. The van der Waals surface area contributed by atoms with E-state index in [-0.39, 0.29) is 18.9 Å². The number of aliphatic carboxylic acids is 1. The second-order valence-corrected chi connectivity index (χ2v) is 4.91. The van der Waals surface area contributed by atoms with E-state index in [4.69, 9.17) is 5.11 Å². The molecule has 0 unspecified atom stereocenters. The highest BCUT2D eigenvalue weighted by Gasteiger charge is 2.24. The second-order valence-electron chi connectivity index (χ2n) is 4.91. The van der Waals surface area contributed by atoms with Crippen LogP contribution in [0.3, 0.4) is 0 Å². The number of anilines is 1. The molecular formula is C12H18N4O3. The highest BCUT2D eigenvalue weighted by molar-refractivity contribution is 5.82. The predicted molar refractivity (Wildman–Crippen MR) is 69.8 cm³/mol. The highest BCUT2D eigenvalue weighted by atomic mass is 16.4. The highest BCUT2D eigenvalue weighted by Crippen LogP contribution is 2.08. The lowest BCUT2D eigenvalue weighted by atomic mass is 10.0. The molecule has 0 bridgehead atoms. The number of likely N-dealkylation sites (N-methyl/N-ethyl adjacent to an activating group) is 1.